The molecule has 2 heterocycles. The van der Waals surface area contributed by atoms with Crippen molar-refractivity contribution in [1.82, 2.24) is 14.5 Å². The lowest BCUT2D eigenvalue weighted by molar-refractivity contribution is -0.187. The van der Waals surface area contributed by atoms with E-state index in [9.17, 15) is 22.8 Å². The number of alkyl halides is 3. The van der Waals surface area contributed by atoms with Gasteiger partial charge in [0.1, 0.15) is 0 Å². The molecule has 1 amide bonds. The highest BCUT2D eigenvalue weighted by atomic mass is 19.4. The number of carbonyl (C=O) groups is 2. The first-order chi connectivity index (χ1) is 12.3. The molecule has 1 saturated heterocycles. The number of nitrogens with zero attached hydrogens (tertiary/aromatic N) is 3. The van der Waals surface area contributed by atoms with Crippen LogP contribution in [0.2, 0.25) is 0 Å². The maximum atomic E-state index is 13.0. The lowest BCUT2D eigenvalue weighted by Gasteiger charge is -2.18. The largest absolute Gasteiger partial charge is 0.481 e. The molecule has 0 spiro atoms. The van der Waals surface area contributed by atoms with Crippen LogP contribution in [0.1, 0.15) is 15.9 Å². The first kappa shape index (κ1) is 18.0. The van der Waals surface area contributed by atoms with Gasteiger partial charge in [-0.2, -0.15) is 13.2 Å². The molecule has 0 unspecified atom stereocenters. The van der Waals surface area contributed by atoms with Gasteiger partial charge in [-0.3, -0.25) is 9.59 Å². The summed E-state index contributed by atoms with van der Waals surface area (Å²) in [6, 6.07) is 6.48. The zero-order valence-electron chi connectivity index (χ0n) is 13.6. The summed E-state index contributed by atoms with van der Waals surface area (Å²) in [4.78, 5) is 28.5. The highest BCUT2D eigenvalue weighted by Gasteiger charge is 2.53. The summed E-state index contributed by atoms with van der Waals surface area (Å²) >= 11 is 0. The Balaban J connectivity index is 1.72. The molecular formula is C17H16F3N3O3. The zero-order chi connectivity index (χ0) is 18.9. The van der Waals surface area contributed by atoms with E-state index in [4.69, 9.17) is 5.11 Å². The van der Waals surface area contributed by atoms with Crippen molar-refractivity contribution in [2.75, 3.05) is 13.1 Å². The lowest BCUT2D eigenvalue weighted by Crippen LogP contribution is -2.34. The molecule has 2 atom stereocenters. The second kappa shape index (κ2) is 6.81. The molecule has 0 aliphatic carbocycles. The van der Waals surface area contributed by atoms with Crippen molar-refractivity contribution in [3.8, 4) is 0 Å². The number of carbonyl (C=O) groups excluding carboxylic acids is 1. The number of benzene rings is 1. The van der Waals surface area contributed by atoms with Crippen LogP contribution in [-0.2, 0) is 11.3 Å². The van der Waals surface area contributed by atoms with Gasteiger partial charge in [-0.05, 0) is 17.7 Å². The lowest BCUT2D eigenvalue weighted by atomic mass is 9.96. The Morgan fingerprint density at radius 3 is 2.38 bits per heavy atom. The van der Waals surface area contributed by atoms with Crippen LogP contribution in [0, 0.1) is 11.8 Å². The Morgan fingerprint density at radius 1 is 1.19 bits per heavy atom. The minimum Gasteiger partial charge on any atom is -0.481 e. The quantitative estimate of drug-likeness (QED) is 0.900. The zero-order valence-corrected chi connectivity index (χ0v) is 13.6. The number of aromatic nitrogens is 2. The average Bonchev–Trinajstić information content (AvgIpc) is 3.24. The molecule has 0 saturated carbocycles. The van der Waals surface area contributed by atoms with E-state index in [-0.39, 0.29) is 5.56 Å². The third kappa shape index (κ3) is 3.71. The molecule has 6 nitrogen and oxygen atoms in total. The van der Waals surface area contributed by atoms with Crippen LogP contribution in [0.4, 0.5) is 13.2 Å². The van der Waals surface area contributed by atoms with Crippen LogP contribution in [0.5, 0.6) is 0 Å². The van der Waals surface area contributed by atoms with Gasteiger partial charge in [0.2, 0.25) is 0 Å². The molecule has 0 radical (unpaired) electrons. The van der Waals surface area contributed by atoms with Gasteiger partial charge in [0.15, 0.2) is 0 Å². The summed E-state index contributed by atoms with van der Waals surface area (Å²) in [5, 5.41) is 9.03. The van der Waals surface area contributed by atoms with Crippen LogP contribution in [-0.4, -0.2) is 50.7 Å². The Kier molecular flexibility index (Phi) is 4.71. The van der Waals surface area contributed by atoms with Gasteiger partial charge < -0.3 is 14.6 Å². The van der Waals surface area contributed by atoms with E-state index in [1.807, 2.05) is 4.57 Å². The topological polar surface area (TPSA) is 75.4 Å². The standard InChI is InChI=1S/C17H16F3N3O3/c18-17(19,20)14-9-23(8-13(14)16(25)26)15(24)12-3-1-11(2-4-12)7-22-6-5-21-10-22/h1-6,10,13-14H,7-9H2,(H,25,26)/t13-,14-/m1/s1. The molecule has 9 heteroatoms. The summed E-state index contributed by atoms with van der Waals surface area (Å²) in [7, 11) is 0. The Morgan fingerprint density at radius 2 is 1.88 bits per heavy atom. The molecule has 26 heavy (non-hydrogen) atoms. The maximum Gasteiger partial charge on any atom is 0.394 e. The second-order valence-electron chi connectivity index (χ2n) is 6.23. The molecule has 3 rings (SSSR count). The highest BCUT2D eigenvalue weighted by Crippen LogP contribution is 2.38. The smallest absolute Gasteiger partial charge is 0.394 e. The fraction of sp³-hybridized carbons (Fsp3) is 0.353. The number of amides is 1. The van der Waals surface area contributed by atoms with Crippen LogP contribution in [0.3, 0.4) is 0 Å². The summed E-state index contributed by atoms with van der Waals surface area (Å²) < 4.78 is 40.9. The van der Waals surface area contributed by atoms with E-state index < -0.39 is 43.0 Å². The average molecular weight is 367 g/mol. The first-order valence-electron chi connectivity index (χ1n) is 7.89. The fourth-order valence-corrected chi connectivity index (χ4v) is 3.08. The molecule has 1 N–H and O–H groups in total. The van der Waals surface area contributed by atoms with E-state index in [1.54, 1.807) is 30.9 Å². The molecule has 0 bridgehead atoms. The van der Waals surface area contributed by atoms with Crippen molar-refractivity contribution < 1.29 is 27.9 Å². The number of halogens is 3. The molecule has 1 aromatic carbocycles. The maximum absolute atomic E-state index is 13.0. The number of aliphatic carboxylic acids is 1. The Bertz CT molecular complexity index is 788. The third-order valence-electron chi connectivity index (χ3n) is 4.47. The monoisotopic (exact) mass is 367 g/mol. The SMILES string of the molecule is O=C(O)[C@@H]1CN(C(=O)c2ccc(Cn3ccnc3)cc2)C[C@H]1C(F)(F)F. The number of hydrogen-bond donors (Lipinski definition) is 1. The number of carboxylic acid groups (broad SMARTS) is 1. The van der Waals surface area contributed by atoms with Crippen LogP contribution in [0.15, 0.2) is 43.0 Å². The van der Waals surface area contributed by atoms with Crippen molar-refractivity contribution in [2.45, 2.75) is 12.7 Å². The number of hydrogen-bond acceptors (Lipinski definition) is 3. The molecule has 138 valence electrons. The number of imidazole rings is 1. The first-order valence-corrected chi connectivity index (χ1v) is 7.89. The van der Waals surface area contributed by atoms with Crippen molar-refractivity contribution in [3.05, 3.63) is 54.1 Å². The summed E-state index contributed by atoms with van der Waals surface area (Å²) in [6.07, 6.45) is 0.410. The van der Waals surface area contributed by atoms with E-state index in [0.29, 0.717) is 6.54 Å². The van der Waals surface area contributed by atoms with E-state index in [0.717, 1.165) is 10.5 Å². The molecule has 1 aliphatic rings. The number of carboxylic acids is 1. The van der Waals surface area contributed by atoms with Crippen molar-refractivity contribution in [2.24, 2.45) is 11.8 Å². The molecular weight excluding hydrogens is 351 g/mol. The normalized spacial score (nSPS) is 20.3. The predicted octanol–water partition coefficient (Wildman–Crippen LogP) is 2.27. The second-order valence-corrected chi connectivity index (χ2v) is 6.23. The van der Waals surface area contributed by atoms with Gasteiger partial charge in [0.25, 0.3) is 5.91 Å². The predicted molar refractivity (Wildman–Crippen MR) is 84.3 cm³/mol. The van der Waals surface area contributed by atoms with Gasteiger partial charge in [-0.1, -0.05) is 12.1 Å². The van der Waals surface area contributed by atoms with Crippen LogP contribution < -0.4 is 0 Å². The molecule has 1 aliphatic heterocycles. The van der Waals surface area contributed by atoms with Gasteiger partial charge in [0.05, 0.1) is 18.2 Å². The fourth-order valence-electron chi connectivity index (χ4n) is 3.08. The van der Waals surface area contributed by atoms with Crippen LogP contribution in [0.25, 0.3) is 0 Å². The minimum atomic E-state index is -4.66. The summed E-state index contributed by atoms with van der Waals surface area (Å²) in [5.74, 6) is -5.83. The van der Waals surface area contributed by atoms with Crippen molar-refractivity contribution in [1.29, 1.82) is 0 Å². The molecule has 1 fully saturated rings. The van der Waals surface area contributed by atoms with Gasteiger partial charge in [-0.15, -0.1) is 0 Å². The third-order valence-corrected chi connectivity index (χ3v) is 4.47. The molecule has 2 aromatic rings. The van der Waals surface area contributed by atoms with Gasteiger partial charge in [0, 0.05) is 37.6 Å². The van der Waals surface area contributed by atoms with Gasteiger partial charge in [-0.25, -0.2) is 4.98 Å². The van der Waals surface area contributed by atoms with E-state index in [1.165, 1.54) is 12.1 Å². The highest BCUT2D eigenvalue weighted by molar-refractivity contribution is 5.95. The Hall–Kier alpha value is -2.84. The van der Waals surface area contributed by atoms with E-state index >= 15 is 0 Å². The number of rotatable bonds is 4. The number of likely N-dealkylation sites (tertiary alicyclic amines) is 1. The van der Waals surface area contributed by atoms with Crippen molar-refractivity contribution in [3.63, 3.8) is 0 Å². The van der Waals surface area contributed by atoms with Crippen molar-refractivity contribution >= 4 is 11.9 Å². The molecule has 1 aromatic heterocycles. The van der Waals surface area contributed by atoms with Crippen LogP contribution >= 0.6 is 0 Å². The summed E-state index contributed by atoms with van der Waals surface area (Å²) in [5.41, 5.74) is 1.13. The summed E-state index contributed by atoms with van der Waals surface area (Å²) in [6.45, 7) is -0.541. The minimum absolute atomic E-state index is 0.228. The van der Waals surface area contributed by atoms with Gasteiger partial charge >= 0.3 is 12.1 Å². The van der Waals surface area contributed by atoms with E-state index in [2.05, 4.69) is 4.98 Å². The Labute approximate surface area is 146 Å².